The number of nitrogens with one attached hydrogen (secondary N) is 1. The number of carbonyl (C=O) groups is 2. The SMILES string of the molecule is O=C(N[C@H]1CCCCC[C@H]1C(=O)O)c1ccnnc1. The number of aliphatic carboxylic acids is 1. The van der Waals surface area contributed by atoms with Crippen LogP contribution in [0.2, 0.25) is 0 Å². The number of hydrogen-bond acceptors (Lipinski definition) is 4. The van der Waals surface area contributed by atoms with Crippen LogP contribution >= 0.6 is 0 Å². The number of carbonyl (C=O) groups excluding carboxylic acids is 1. The van der Waals surface area contributed by atoms with E-state index in [9.17, 15) is 14.7 Å². The first-order chi connectivity index (χ1) is 9.18. The van der Waals surface area contributed by atoms with Gasteiger partial charge in [0.15, 0.2) is 0 Å². The molecule has 0 bridgehead atoms. The molecule has 0 aliphatic heterocycles. The Morgan fingerprint density at radius 1 is 1.21 bits per heavy atom. The molecule has 1 aliphatic rings. The summed E-state index contributed by atoms with van der Waals surface area (Å²) in [5.74, 6) is -1.62. The van der Waals surface area contributed by atoms with Gasteiger partial charge in [-0.05, 0) is 18.9 Å². The average Bonchev–Trinajstić information content (AvgIpc) is 2.65. The van der Waals surface area contributed by atoms with Crippen LogP contribution < -0.4 is 5.32 Å². The van der Waals surface area contributed by atoms with Crippen molar-refractivity contribution in [1.29, 1.82) is 0 Å². The molecule has 1 amide bonds. The number of rotatable bonds is 3. The van der Waals surface area contributed by atoms with Crippen LogP contribution in [0.15, 0.2) is 18.5 Å². The van der Waals surface area contributed by atoms with Crippen molar-refractivity contribution >= 4 is 11.9 Å². The smallest absolute Gasteiger partial charge is 0.308 e. The average molecular weight is 263 g/mol. The minimum Gasteiger partial charge on any atom is -0.481 e. The fourth-order valence-corrected chi connectivity index (χ4v) is 2.45. The lowest BCUT2D eigenvalue weighted by Gasteiger charge is -2.22. The highest BCUT2D eigenvalue weighted by Gasteiger charge is 2.30. The molecule has 0 radical (unpaired) electrons. The van der Waals surface area contributed by atoms with E-state index < -0.39 is 11.9 Å². The van der Waals surface area contributed by atoms with Crippen molar-refractivity contribution in [2.45, 2.75) is 38.1 Å². The maximum Gasteiger partial charge on any atom is 0.308 e. The Bertz CT molecular complexity index is 450. The fourth-order valence-electron chi connectivity index (χ4n) is 2.45. The van der Waals surface area contributed by atoms with Gasteiger partial charge >= 0.3 is 5.97 Å². The van der Waals surface area contributed by atoms with E-state index in [0.29, 0.717) is 18.4 Å². The van der Waals surface area contributed by atoms with Crippen molar-refractivity contribution in [3.8, 4) is 0 Å². The van der Waals surface area contributed by atoms with Crippen LogP contribution in [0.25, 0.3) is 0 Å². The first-order valence-electron chi connectivity index (χ1n) is 6.49. The van der Waals surface area contributed by atoms with Crippen molar-refractivity contribution in [2.75, 3.05) is 0 Å². The second kappa shape index (κ2) is 6.26. The molecule has 1 aromatic heterocycles. The summed E-state index contributed by atoms with van der Waals surface area (Å²) in [7, 11) is 0. The Morgan fingerprint density at radius 2 is 2.00 bits per heavy atom. The van der Waals surface area contributed by atoms with Gasteiger partial charge in [-0.1, -0.05) is 19.3 Å². The number of aromatic nitrogens is 2. The van der Waals surface area contributed by atoms with Crippen LogP contribution in [0.1, 0.15) is 42.5 Å². The molecule has 2 rings (SSSR count). The van der Waals surface area contributed by atoms with E-state index in [1.807, 2.05) is 0 Å². The highest BCUT2D eigenvalue weighted by atomic mass is 16.4. The zero-order valence-electron chi connectivity index (χ0n) is 10.6. The summed E-state index contributed by atoms with van der Waals surface area (Å²) in [5.41, 5.74) is 0.406. The highest BCUT2D eigenvalue weighted by molar-refractivity contribution is 5.94. The van der Waals surface area contributed by atoms with Gasteiger partial charge in [-0.2, -0.15) is 10.2 Å². The molecule has 1 fully saturated rings. The van der Waals surface area contributed by atoms with Gasteiger partial charge in [0, 0.05) is 6.04 Å². The largest absolute Gasteiger partial charge is 0.481 e. The molecule has 1 saturated carbocycles. The number of nitrogens with zero attached hydrogens (tertiary/aromatic N) is 2. The number of amides is 1. The topological polar surface area (TPSA) is 92.2 Å². The molecule has 2 N–H and O–H groups in total. The molecule has 6 heteroatoms. The highest BCUT2D eigenvalue weighted by Crippen LogP contribution is 2.24. The van der Waals surface area contributed by atoms with Crippen molar-refractivity contribution in [2.24, 2.45) is 5.92 Å². The molecular formula is C13H17N3O3. The number of carboxylic acids is 1. The van der Waals surface area contributed by atoms with E-state index in [1.54, 1.807) is 6.07 Å². The molecule has 0 unspecified atom stereocenters. The molecule has 6 nitrogen and oxygen atoms in total. The maximum atomic E-state index is 12.0. The Hall–Kier alpha value is -1.98. The lowest BCUT2D eigenvalue weighted by atomic mass is 9.94. The first-order valence-corrected chi connectivity index (χ1v) is 6.49. The van der Waals surface area contributed by atoms with Crippen LogP contribution in [0.5, 0.6) is 0 Å². The standard InChI is InChI=1S/C13H17N3O3/c17-12(9-6-7-14-15-8-9)16-11-5-3-1-2-4-10(11)13(18)19/h6-8,10-11H,1-5H2,(H,16,17)(H,18,19)/t10-,11+/m1/s1. The first kappa shape index (κ1) is 13.5. The molecule has 102 valence electrons. The summed E-state index contributed by atoms with van der Waals surface area (Å²) in [5, 5.41) is 19.3. The van der Waals surface area contributed by atoms with Gasteiger partial charge in [0.25, 0.3) is 5.91 Å². The Labute approximate surface area is 111 Å². The molecule has 19 heavy (non-hydrogen) atoms. The fraction of sp³-hybridized carbons (Fsp3) is 0.538. The van der Waals surface area contributed by atoms with Gasteiger partial charge in [0.05, 0.1) is 23.9 Å². The maximum absolute atomic E-state index is 12.0. The molecule has 0 saturated heterocycles. The summed E-state index contributed by atoms with van der Waals surface area (Å²) in [4.78, 5) is 23.3. The predicted molar refractivity (Wildman–Crippen MR) is 67.5 cm³/mol. The quantitative estimate of drug-likeness (QED) is 0.800. The molecule has 1 heterocycles. The van der Waals surface area contributed by atoms with Gasteiger partial charge in [-0.3, -0.25) is 9.59 Å². The molecule has 2 atom stereocenters. The van der Waals surface area contributed by atoms with Crippen LogP contribution in [-0.4, -0.2) is 33.2 Å². The third-order valence-electron chi connectivity index (χ3n) is 3.50. The van der Waals surface area contributed by atoms with Gasteiger partial charge < -0.3 is 10.4 Å². The zero-order valence-corrected chi connectivity index (χ0v) is 10.6. The predicted octanol–water partition coefficient (Wildman–Crippen LogP) is 1.24. The molecule has 0 aromatic carbocycles. The second-order valence-corrected chi connectivity index (χ2v) is 4.79. The van der Waals surface area contributed by atoms with Crippen LogP contribution in [0.4, 0.5) is 0 Å². The summed E-state index contributed by atoms with van der Waals surface area (Å²) >= 11 is 0. The monoisotopic (exact) mass is 263 g/mol. The van der Waals surface area contributed by atoms with Crippen LogP contribution in [-0.2, 0) is 4.79 Å². The second-order valence-electron chi connectivity index (χ2n) is 4.79. The lowest BCUT2D eigenvalue weighted by Crippen LogP contribution is -2.42. The third kappa shape index (κ3) is 3.49. The summed E-state index contributed by atoms with van der Waals surface area (Å²) in [6.45, 7) is 0. The van der Waals surface area contributed by atoms with Gasteiger partial charge in [-0.25, -0.2) is 0 Å². The van der Waals surface area contributed by atoms with E-state index in [0.717, 1.165) is 19.3 Å². The van der Waals surface area contributed by atoms with E-state index in [-0.39, 0.29) is 11.9 Å². The number of carboxylic acid groups (broad SMARTS) is 1. The van der Waals surface area contributed by atoms with Crippen LogP contribution in [0, 0.1) is 5.92 Å². The van der Waals surface area contributed by atoms with Gasteiger partial charge in [0.1, 0.15) is 0 Å². The third-order valence-corrected chi connectivity index (χ3v) is 3.50. The van der Waals surface area contributed by atoms with Crippen molar-refractivity contribution in [3.63, 3.8) is 0 Å². The van der Waals surface area contributed by atoms with Gasteiger partial charge in [0.2, 0.25) is 0 Å². The summed E-state index contributed by atoms with van der Waals surface area (Å²) in [6.07, 6.45) is 7.02. The summed E-state index contributed by atoms with van der Waals surface area (Å²) < 4.78 is 0. The Morgan fingerprint density at radius 3 is 2.68 bits per heavy atom. The Kier molecular flexibility index (Phi) is 4.43. The molecule has 1 aliphatic carbocycles. The minimum absolute atomic E-state index is 0.284. The van der Waals surface area contributed by atoms with Gasteiger partial charge in [-0.15, -0.1) is 0 Å². The van der Waals surface area contributed by atoms with Crippen molar-refractivity contribution in [1.82, 2.24) is 15.5 Å². The molecular weight excluding hydrogens is 246 g/mol. The van der Waals surface area contributed by atoms with Crippen LogP contribution in [0.3, 0.4) is 0 Å². The summed E-state index contributed by atoms with van der Waals surface area (Å²) in [6, 6.07) is 1.26. The van der Waals surface area contributed by atoms with E-state index in [4.69, 9.17) is 0 Å². The van der Waals surface area contributed by atoms with Crippen molar-refractivity contribution < 1.29 is 14.7 Å². The Balaban J connectivity index is 2.06. The zero-order chi connectivity index (χ0) is 13.7. The van der Waals surface area contributed by atoms with E-state index in [2.05, 4.69) is 15.5 Å². The lowest BCUT2D eigenvalue weighted by molar-refractivity contribution is -0.142. The van der Waals surface area contributed by atoms with E-state index in [1.165, 1.54) is 12.4 Å². The normalized spacial score (nSPS) is 23.4. The van der Waals surface area contributed by atoms with Crippen molar-refractivity contribution in [3.05, 3.63) is 24.0 Å². The van der Waals surface area contributed by atoms with E-state index >= 15 is 0 Å². The molecule has 1 aromatic rings. The number of hydrogen-bond donors (Lipinski definition) is 2. The molecule has 0 spiro atoms. The minimum atomic E-state index is -0.833.